The molecule has 0 heterocycles. The lowest BCUT2D eigenvalue weighted by atomic mass is 10.3. The van der Waals surface area contributed by atoms with Gasteiger partial charge in [-0.25, -0.2) is 0 Å². The molecule has 0 bridgehead atoms. The van der Waals surface area contributed by atoms with E-state index in [9.17, 15) is 4.79 Å². The lowest BCUT2D eigenvalue weighted by Crippen LogP contribution is -2.26. The molecule has 0 saturated carbocycles. The molecule has 0 fully saturated rings. The van der Waals surface area contributed by atoms with E-state index in [0.29, 0.717) is 31.1 Å². The summed E-state index contributed by atoms with van der Waals surface area (Å²) in [6.45, 7) is 1.71. The van der Waals surface area contributed by atoms with E-state index in [1.807, 2.05) is 0 Å². The van der Waals surface area contributed by atoms with E-state index in [1.165, 1.54) is 0 Å². The molecular formula is C13H20Cl2N2O2. The fourth-order valence-electron chi connectivity index (χ4n) is 1.38. The lowest BCUT2D eigenvalue weighted by molar-refractivity contribution is -0.121. The summed E-state index contributed by atoms with van der Waals surface area (Å²) in [5.41, 5.74) is 5.36. The van der Waals surface area contributed by atoms with Crippen molar-refractivity contribution in [1.29, 1.82) is 0 Å². The molecule has 6 heteroatoms. The second-order valence-corrected chi connectivity index (χ2v) is 4.33. The fraction of sp³-hybridized carbons (Fsp3) is 0.462. The van der Waals surface area contributed by atoms with Gasteiger partial charge in [0.15, 0.2) is 0 Å². The average molecular weight is 307 g/mol. The van der Waals surface area contributed by atoms with Crippen molar-refractivity contribution in [2.75, 3.05) is 19.7 Å². The molecule has 1 aromatic rings. The second-order valence-electron chi connectivity index (χ2n) is 3.90. The largest absolute Gasteiger partial charge is 0.493 e. The number of nitrogens with two attached hydrogens (primary N) is 1. The highest BCUT2D eigenvalue weighted by Gasteiger charge is 2.01. The zero-order valence-electron chi connectivity index (χ0n) is 10.7. The van der Waals surface area contributed by atoms with Crippen LogP contribution in [0.2, 0.25) is 5.02 Å². The lowest BCUT2D eigenvalue weighted by Gasteiger charge is -2.07. The highest BCUT2D eigenvalue weighted by atomic mass is 35.5. The molecule has 0 aromatic heterocycles. The first-order valence-corrected chi connectivity index (χ1v) is 6.45. The highest BCUT2D eigenvalue weighted by Crippen LogP contribution is 2.15. The molecule has 0 aliphatic carbocycles. The van der Waals surface area contributed by atoms with E-state index >= 15 is 0 Å². The number of ether oxygens (including phenoxy) is 1. The predicted octanol–water partition coefficient (Wildman–Crippen LogP) is 2.39. The predicted molar refractivity (Wildman–Crippen MR) is 80.1 cm³/mol. The maximum Gasteiger partial charge on any atom is 0.223 e. The Bertz CT molecular complexity index is 358. The molecule has 3 N–H and O–H groups in total. The van der Waals surface area contributed by atoms with E-state index in [-0.39, 0.29) is 18.3 Å². The van der Waals surface area contributed by atoms with Crippen molar-refractivity contribution in [3.05, 3.63) is 29.3 Å². The Kier molecular flexibility index (Phi) is 10.4. The zero-order chi connectivity index (χ0) is 13.2. The fourth-order valence-corrected chi connectivity index (χ4v) is 1.50. The molecule has 1 rings (SSSR count). The highest BCUT2D eigenvalue weighted by molar-refractivity contribution is 6.30. The van der Waals surface area contributed by atoms with Gasteiger partial charge >= 0.3 is 0 Å². The summed E-state index contributed by atoms with van der Waals surface area (Å²) < 4.78 is 5.42. The number of halogens is 2. The normalized spacial score (nSPS) is 9.58. The summed E-state index contributed by atoms with van der Waals surface area (Å²) in [5.74, 6) is 0.719. The topological polar surface area (TPSA) is 64.3 Å². The molecule has 0 saturated heterocycles. The summed E-state index contributed by atoms with van der Waals surface area (Å²) in [6, 6.07) is 7.07. The van der Waals surface area contributed by atoms with E-state index in [4.69, 9.17) is 22.1 Å². The van der Waals surface area contributed by atoms with Crippen molar-refractivity contribution in [2.24, 2.45) is 5.73 Å². The SMILES string of the molecule is Cl.NCCCCNC(=O)CCOc1ccc(Cl)cc1. The number of nitrogens with one attached hydrogen (secondary N) is 1. The quantitative estimate of drug-likeness (QED) is 0.725. The van der Waals surface area contributed by atoms with Crippen LogP contribution in [0.25, 0.3) is 0 Å². The monoisotopic (exact) mass is 306 g/mol. The van der Waals surface area contributed by atoms with Crippen molar-refractivity contribution in [1.82, 2.24) is 5.32 Å². The first-order valence-electron chi connectivity index (χ1n) is 6.07. The van der Waals surface area contributed by atoms with Crippen molar-refractivity contribution >= 4 is 29.9 Å². The maximum atomic E-state index is 11.4. The van der Waals surface area contributed by atoms with E-state index in [2.05, 4.69) is 5.32 Å². The number of hydrogen-bond donors (Lipinski definition) is 2. The molecule has 0 radical (unpaired) electrons. The van der Waals surface area contributed by atoms with Crippen LogP contribution in [-0.4, -0.2) is 25.6 Å². The van der Waals surface area contributed by atoms with Gasteiger partial charge in [0.25, 0.3) is 0 Å². The summed E-state index contributed by atoms with van der Waals surface area (Å²) in [7, 11) is 0. The van der Waals surface area contributed by atoms with Gasteiger partial charge in [-0.05, 0) is 43.7 Å². The van der Waals surface area contributed by atoms with Gasteiger partial charge in [-0.1, -0.05) is 11.6 Å². The first-order chi connectivity index (χ1) is 8.72. The number of rotatable bonds is 8. The van der Waals surface area contributed by atoms with Gasteiger partial charge in [0.05, 0.1) is 13.0 Å². The van der Waals surface area contributed by atoms with Gasteiger partial charge < -0.3 is 15.8 Å². The van der Waals surface area contributed by atoms with E-state index in [1.54, 1.807) is 24.3 Å². The molecule has 4 nitrogen and oxygen atoms in total. The smallest absolute Gasteiger partial charge is 0.223 e. The van der Waals surface area contributed by atoms with Gasteiger partial charge in [0.1, 0.15) is 5.75 Å². The van der Waals surface area contributed by atoms with Gasteiger partial charge in [-0.2, -0.15) is 0 Å². The summed E-state index contributed by atoms with van der Waals surface area (Å²) >= 11 is 5.75. The standard InChI is InChI=1S/C13H19ClN2O2.ClH/c14-11-3-5-12(6-4-11)18-10-7-13(17)16-9-2-1-8-15;/h3-6H,1-2,7-10,15H2,(H,16,17);1H. The second kappa shape index (κ2) is 10.9. The van der Waals surface area contributed by atoms with E-state index in [0.717, 1.165) is 18.6 Å². The van der Waals surface area contributed by atoms with Crippen LogP contribution >= 0.6 is 24.0 Å². The van der Waals surface area contributed by atoms with Crippen LogP contribution in [-0.2, 0) is 4.79 Å². The van der Waals surface area contributed by atoms with Crippen LogP contribution in [0.4, 0.5) is 0 Å². The van der Waals surface area contributed by atoms with Crippen LogP contribution in [0.5, 0.6) is 5.75 Å². The molecule has 19 heavy (non-hydrogen) atoms. The van der Waals surface area contributed by atoms with Crippen molar-refractivity contribution < 1.29 is 9.53 Å². The third kappa shape index (κ3) is 8.70. The Morgan fingerprint density at radius 3 is 2.58 bits per heavy atom. The first kappa shape index (κ1) is 18.0. The Labute approximate surface area is 125 Å². The number of benzene rings is 1. The van der Waals surface area contributed by atoms with E-state index < -0.39 is 0 Å². The number of carbonyl (C=O) groups is 1. The molecule has 1 aromatic carbocycles. The molecule has 0 aliphatic heterocycles. The van der Waals surface area contributed by atoms with Gasteiger partial charge in [-0.15, -0.1) is 12.4 Å². The van der Waals surface area contributed by atoms with Gasteiger partial charge in [0, 0.05) is 11.6 Å². The molecule has 1 amide bonds. The number of amides is 1. The molecule has 108 valence electrons. The molecule has 0 spiro atoms. The zero-order valence-corrected chi connectivity index (χ0v) is 12.3. The molecule has 0 atom stereocenters. The summed E-state index contributed by atoms with van der Waals surface area (Å²) in [6.07, 6.45) is 2.20. The Morgan fingerprint density at radius 1 is 1.26 bits per heavy atom. The minimum absolute atomic E-state index is 0. The van der Waals surface area contributed by atoms with Gasteiger partial charge in [0.2, 0.25) is 5.91 Å². The van der Waals surface area contributed by atoms with Crippen LogP contribution in [0.1, 0.15) is 19.3 Å². The maximum absolute atomic E-state index is 11.4. The summed E-state index contributed by atoms with van der Waals surface area (Å²) in [4.78, 5) is 11.4. The number of unbranched alkanes of at least 4 members (excludes halogenated alkanes) is 1. The number of carbonyl (C=O) groups excluding carboxylic acids is 1. The Balaban J connectivity index is 0.00000324. The number of hydrogen-bond acceptors (Lipinski definition) is 3. The molecule has 0 unspecified atom stereocenters. The van der Waals surface area contributed by atoms with Crippen molar-refractivity contribution in [2.45, 2.75) is 19.3 Å². The minimum atomic E-state index is 0. The van der Waals surface area contributed by atoms with Gasteiger partial charge in [-0.3, -0.25) is 4.79 Å². The van der Waals surface area contributed by atoms with Crippen LogP contribution in [0.3, 0.4) is 0 Å². The molecule has 0 aliphatic rings. The average Bonchev–Trinajstić information content (AvgIpc) is 2.37. The van der Waals surface area contributed by atoms with Crippen LogP contribution < -0.4 is 15.8 Å². The Hall–Kier alpha value is -0.970. The van der Waals surface area contributed by atoms with Crippen LogP contribution in [0.15, 0.2) is 24.3 Å². The minimum Gasteiger partial charge on any atom is -0.493 e. The molecular weight excluding hydrogens is 287 g/mol. The van der Waals surface area contributed by atoms with Crippen molar-refractivity contribution in [3.8, 4) is 5.75 Å². The van der Waals surface area contributed by atoms with Crippen molar-refractivity contribution in [3.63, 3.8) is 0 Å². The Morgan fingerprint density at radius 2 is 1.95 bits per heavy atom. The summed E-state index contributed by atoms with van der Waals surface area (Å²) in [5, 5.41) is 3.48. The van der Waals surface area contributed by atoms with Crippen LogP contribution in [0, 0.1) is 0 Å². The third-order valence-corrected chi connectivity index (χ3v) is 2.62. The third-order valence-electron chi connectivity index (χ3n) is 2.36.